The second-order valence-corrected chi connectivity index (χ2v) is 11.0. The van der Waals surface area contributed by atoms with Crippen LogP contribution in [-0.4, -0.2) is 44.2 Å². The summed E-state index contributed by atoms with van der Waals surface area (Å²) in [5.41, 5.74) is -0.122. The Morgan fingerprint density at radius 2 is 1.77 bits per heavy atom. The normalized spacial score (nSPS) is 15.4. The summed E-state index contributed by atoms with van der Waals surface area (Å²) in [6.07, 6.45) is 2.67. The molecule has 3 rings (SSSR count). The van der Waals surface area contributed by atoms with Gasteiger partial charge in [-0.25, -0.2) is 18.2 Å². The van der Waals surface area contributed by atoms with Crippen LogP contribution in [0.1, 0.15) is 33.6 Å². The molecule has 2 N–H and O–H groups in total. The van der Waals surface area contributed by atoms with Crippen LogP contribution in [0.2, 0.25) is 0 Å². The first-order valence-corrected chi connectivity index (χ1v) is 12.3. The average molecular weight is 511 g/mol. The molecule has 0 saturated carbocycles. The first kappa shape index (κ1) is 23.3. The van der Waals surface area contributed by atoms with Crippen molar-refractivity contribution in [1.82, 2.24) is 10.3 Å². The zero-order valence-corrected chi connectivity index (χ0v) is 20.2. The van der Waals surface area contributed by atoms with E-state index in [-0.39, 0.29) is 10.9 Å². The van der Waals surface area contributed by atoms with Crippen LogP contribution in [-0.2, 0) is 14.8 Å². The van der Waals surface area contributed by atoms with E-state index in [2.05, 4.69) is 35.9 Å². The van der Waals surface area contributed by atoms with Gasteiger partial charge in [0.1, 0.15) is 11.4 Å². The van der Waals surface area contributed by atoms with Crippen molar-refractivity contribution in [1.29, 1.82) is 0 Å². The molecule has 0 radical (unpaired) electrons. The van der Waals surface area contributed by atoms with Crippen LogP contribution < -0.4 is 14.9 Å². The van der Waals surface area contributed by atoms with Gasteiger partial charge in [0, 0.05) is 23.6 Å². The molecule has 0 atom stereocenters. The summed E-state index contributed by atoms with van der Waals surface area (Å²) in [7, 11) is -3.68. The lowest BCUT2D eigenvalue weighted by molar-refractivity contribution is 0.0497. The van der Waals surface area contributed by atoms with Crippen molar-refractivity contribution in [2.45, 2.75) is 50.2 Å². The molecule has 0 unspecified atom stereocenters. The van der Waals surface area contributed by atoms with Gasteiger partial charge in [-0.05, 0) is 70.0 Å². The van der Waals surface area contributed by atoms with Gasteiger partial charge in [0.05, 0.1) is 16.8 Å². The maximum absolute atomic E-state index is 12.5. The van der Waals surface area contributed by atoms with Gasteiger partial charge in [-0.2, -0.15) is 0 Å². The Bertz CT molecular complexity index is 997. The number of hydrogen-bond donors (Lipinski definition) is 2. The molecule has 31 heavy (non-hydrogen) atoms. The predicted molar refractivity (Wildman–Crippen MR) is 124 cm³/mol. The van der Waals surface area contributed by atoms with E-state index in [0.717, 1.165) is 36.2 Å². The third-order valence-electron chi connectivity index (χ3n) is 4.66. The van der Waals surface area contributed by atoms with Crippen LogP contribution in [0.15, 0.2) is 52.0 Å². The molecule has 0 bridgehead atoms. The molecular formula is C21H27BrN4O4S. The molecule has 2 aromatic rings. The van der Waals surface area contributed by atoms with Crippen LogP contribution in [0.3, 0.4) is 0 Å². The lowest BCUT2D eigenvalue weighted by Gasteiger charge is -2.33. The van der Waals surface area contributed by atoms with E-state index in [1.54, 1.807) is 24.3 Å². The molecule has 168 valence electrons. The van der Waals surface area contributed by atoms with Gasteiger partial charge in [0.25, 0.3) is 10.0 Å². The highest BCUT2D eigenvalue weighted by Gasteiger charge is 2.24. The number of nitrogens with one attached hydrogen (secondary N) is 2. The number of amides is 1. The van der Waals surface area contributed by atoms with Crippen molar-refractivity contribution >= 4 is 43.6 Å². The molecule has 8 nitrogen and oxygen atoms in total. The highest BCUT2D eigenvalue weighted by molar-refractivity contribution is 9.10. The standard InChI is InChI=1S/C21H27BrN4O4S/c1-21(2,3)30-20(27)24-16-10-12-26(13-11-16)19-9-6-17(14-23-19)25-31(28,29)18-7-4-15(22)5-8-18/h4-9,14,16,25H,10-13H2,1-3H3,(H,24,27). The number of pyridine rings is 1. The minimum atomic E-state index is -3.68. The number of carbonyl (C=O) groups is 1. The number of halogens is 1. The number of benzene rings is 1. The number of piperidine rings is 1. The lowest BCUT2D eigenvalue weighted by atomic mass is 10.1. The lowest BCUT2D eigenvalue weighted by Crippen LogP contribution is -2.46. The largest absolute Gasteiger partial charge is 0.444 e. The van der Waals surface area contributed by atoms with Crippen LogP contribution in [0.25, 0.3) is 0 Å². The smallest absolute Gasteiger partial charge is 0.407 e. The molecule has 1 fully saturated rings. The summed E-state index contributed by atoms with van der Waals surface area (Å²) in [5, 5.41) is 2.91. The van der Waals surface area contributed by atoms with Gasteiger partial charge in [-0.15, -0.1) is 0 Å². The van der Waals surface area contributed by atoms with E-state index in [0.29, 0.717) is 5.69 Å². The highest BCUT2D eigenvalue weighted by atomic mass is 79.9. The third kappa shape index (κ3) is 6.83. The average Bonchev–Trinajstić information content (AvgIpc) is 2.68. The zero-order chi connectivity index (χ0) is 22.6. The van der Waals surface area contributed by atoms with E-state index in [9.17, 15) is 13.2 Å². The fourth-order valence-electron chi connectivity index (χ4n) is 3.19. The number of hydrogen-bond acceptors (Lipinski definition) is 6. The third-order valence-corrected chi connectivity index (χ3v) is 6.59. The molecule has 0 aliphatic carbocycles. The van der Waals surface area contributed by atoms with Gasteiger partial charge >= 0.3 is 6.09 Å². The van der Waals surface area contributed by atoms with Gasteiger partial charge in [-0.1, -0.05) is 15.9 Å². The van der Waals surface area contributed by atoms with Crippen molar-refractivity contribution < 1.29 is 17.9 Å². The Kier molecular flexibility index (Phi) is 7.10. The van der Waals surface area contributed by atoms with E-state index in [4.69, 9.17) is 4.74 Å². The van der Waals surface area contributed by atoms with Crippen LogP contribution >= 0.6 is 15.9 Å². The Labute approximate surface area is 191 Å². The van der Waals surface area contributed by atoms with Crippen LogP contribution in [0.5, 0.6) is 0 Å². The first-order chi connectivity index (χ1) is 14.5. The van der Waals surface area contributed by atoms with Crippen molar-refractivity contribution in [2.75, 3.05) is 22.7 Å². The van der Waals surface area contributed by atoms with Crippen LogP contribution in [0.4, 0.5) is 16.3 Å². The van der Waals surface area contributed by atoms with Gasteiger partial charge in [0.2, 0.25) is 0 Å². The minimum Gasteiger partial charge on any atom is -0.444 e. The van der Waals surface area contributed by atoms with Crippen LogP contribution in [0, 0.1) is 0 Å². The fraction of sp³-hybridized carbons (Fsp3) is 0.429. The number of rotatable bonds is 5. The predicted octanol–water partition coefficient (Wildman–Crippen LogP) is 4.14. The Morgan fingerprint density at radius 3 is 2.32 bits per heavy atom. The summed E-state index contributed by atoms with van der Waals surface area (Å²) >= 11 is 3.29. The summed E-state index contributed by atoms with van der Waals surface area (Å²) < 4.78 is 33.7. The number of aromatic nitrogens is 1. The van der Waals surface area contributed by atoms with E-state index >= 15 is 0 Å². The summed E-state index contributed by atoms with van der Waals surface area (Å²) in [6, 6.07) is 9.97. The number of anilines is 2. The summed E-state index contributed by atoms with van der Waals surface area (Å²) in [4.78, 5) is 18.6. The summed E-state index contributed by atoms with van der Waals surface area (Å²) in [5.74, 6) is 0.766. The Morgan fingerprint density at radius 1 is 1.13 bits per heavy atom. The molecule has 1 aliphatic rings. The Hall–Kier alpha value is -2.33. The molecular weight excluding hydrogens is 484 g/mol. The molecule has 1 amide bonds. The van der Waals surface area contributed by atoms with E-state index in [1.807, 2.05) is 20.8 Å². The number of nitrogens with zero attached hydrogens (tertiary/aromatic N) is 2. The number of carbonyl (C=O) groups excluding carboxylic acids is 1. The monoisotopic (exact) mass is 510 g/mol. The highest BCUT2D eigenvalue weighted by Crippen LogP contribution is 2.22. The second kappa shape index (κ2) is 9.44. The van der Waals surface area contributed by atoms with E-state index in [1.165, 1.54) is 18.3 Å². The quantitative estimate of drug-likeness (QED) is 0.626. The van der Waals surface area contributed by atoms with Gasteiger partial charge < -0.3 is 15.0 Å². The number of sulfonamides is 1. The van der Waals surface area contributed by atoms with Crippen molar-refractivity contribution in [3.63, 3.8) is 0 Å². The first-order valence-electron chi connectivity index (χ1n) is 10.0. The van der Waals surface area contributed by atoms with Crippen molar-refractivity contribution in [3.8, 4) is 0 Å². The van der Waals surface area contributed by atoms with Gasteiger partial charge in [-0.3, -0.25) is 4.72 Å². The molecule has 1 aromatic carbocycles. The number of ether oxygens (including phenoxy) is 1. The molecule has 10 heteroatoms. The zero-order valence-electron chi connectivity index (χ0n) is 17.8. The Balaban J connectivity index is 1.54. The SMILES string of the molecule is CC(C)(C)OC(=O)NC1CCN(c2ccc(NS(=O)(=O)c3ccc(Br)cc3)cn2)CC1. The topological polar surface area (TPSA) is 101 Å². The van der Waals surface area contributed by atoms with Crippen molar-refractivity contribution in [3.05, 3.63) is 47.1 Å². The second-order valence-electron chi connectivity index (χ2n) is 8.37. The molecule has 1 aromatic heterocycles. The maximum Gasteiger partial charge on any atom is 0.407 e. The molecule has 2 heterocycles. The minimum absolute atomic E-state index is 0.0584. The van der Waals surface area contributed by atoms with Crippen molar-refractivity contribution in [2.24, 2.45) is 0 Å². The molecule has 1 saturated heterocycles. The molecule has 1 aliphatic heterocycles. The fourth-order valence-corrected chi connectivity index (χ4v) is 4.50. The molecule has 0 spiro atoms. The van der Waals surface area contributed by atoms with Gasteiger partial charge in [0.15, 0.2) is 0 Å². The summed E-state index contributed by atoms with van der Waals surface area (Å²) in [6.45, 7) is 6.98. The number of alkyl carbamates (subject to hydrolysis) is 1. The maximum atomic E-state index is 12.5. The van der Waals surface area contributed by atoms with E-state index < -0.39 is 21.7 Å².